The molecule has 170 valence electrons. The number of fused-ring (bicyclic) bond motifs is 2. The molecule has 0 bridgehead atoms. The lowest BCUT2D eigenvalue weighted by Crippen LogP contribution is -2.21. The molecule has 2 N–H and O–H groups in total. The highest BCUT2D eigenvalue weighted by atomic mass is 19.1. The lowest BCUT2D eigenvalue weighted by molar-refractivity contribution is 0.0827. The van der Waals surface area contributed by atoms with Gasteiger partial charge in [-0.1, -0.05) is 6.07 Å². The van der Waals surface area contributed by atoms with Crippen molar-refractivity contribution in [2.45, 2.75) is 0 Å². The molecule has 1 amide bonds. The average molecular weight is 455 g/mol. The van der Waals surface area contributed by atoms with Crippen LogP contribution in [-0.4, -0.2) is 50.3 Å². The number of benzene rings is 3. The average Bonchev–Trinajstić information content (AvgIpc) is 3.35. The molecule has 0 aliphatic carbocycles. The Morgan fingerprint density at radius 2 is 1.79 bits per heavy atom. The molecule has 0 aliphatic heterocycles. The number of aromatic nitrogens is 3. The summed E-state index contributed by atoms with van der Waals surface area (Å²) in [7, 11) is 5.31. The summed E-state index contributed by atoms with van der Waals surface area (Å²) < 4.78 is 15.7. The molecule has 0 saturated carbocycles. The van der Waals surface area contributed by atoms with Crippen molar-refractivity contribution in [1.29, 1.82) is 0 Å². The molecule has 7 nitrogen and oxygen atoms in total. The molecule has 0 saturated heterocycles. The SMILES string of the molecule is CN(C)C(=O)c1ccc(N=C(c2ccc3c(c2)ncn3C)c2c(O)[nH]c3cc(F)ccc23)cc1. The third-order valence-corrected chi connectivity index (χ3v) is 5.74. The van der Waals surface area contributed by atoms with Crippen LogP contribution < -0.4 is 0 Å². The number of aliphatic imine (C=N–C) groups is 1. The van der Waals surface area contributed by atoms with Crippen LogP contribution in [0.2, 0.25) is 0 Å². The number of nitrogens with zero attached hydrogens (tertiary/aromatic N) is 4. The molecule has 2 aromatic heterocycles. The van der Waals surface area contributed by atoms with Crippen LogP contribution in [0.25, 0.3) is 21.9 Å². The molecule has 0 radical (unpaired) electrons. The zero-order chi connectivity index (χ0) is 24.0. The van der Waals surface area contributed by atoms with E-state index in [-0.39, 0.29) is 11.8 Å². The minimum atomic E-state index is -0.408. The molecule has 2 heterocycles. The first-order valence-corrected chi connectivity index (χ1v) is 10.6. The monoisotopic (exact) mass is 455 g/mol. The van der Waals surface area contributed by atoms with E-state index < -0.39 is 5.82 Å². The van der Waals surface area contributed by atoms with E-state index in [4.69, 9.17) is 4.99 Å². The highest BCUT2D eigenvalue weighted by Crippen LogP contribution is 2.32. The third kappa shape index (κ3) is 3.69. The molecule has 0 unspecified atom stereocenters. The van der Waals surface area contributed by atoms with E-state index in [9.17, 15) is 14.3 Å². The number of rotatable bonds is 4. The van der Waals surface area contributed by atoms with Gasteiger partial charge in [0.15, 0.2) is 5.88 Å². The summed E-state index contributed by atoms with van der Waals surface area (Å²) in [5, 5.41) is 11.4. The first-order chi connectivity index (χ1) is 16.3. The van der Waals surface area contributed by atoms with Crippen molar-refractivity contribution in [1.82, 2.24) is 19.4 Å². The number of aromatic amines is 1. The van der Waals surface area contributed by atoms with Gasteiger partial charge in [0.2, 0.25) is 0 Å². The maximum atomic E-state index is 13.8. The number of halogens is 1. The van der Waals surface area contributed by atoms with Crippen molar-refractivity contribution in [2.24, 2.45) is 12.0 Å². The number of nitrogens with one attached hydrogen (secondary N) is 1. The Kier molecular flexibility index (Phi) is 5.13. The zero-order valence-corrected chi connectivity index (χ0v) is 18.9. The molecule has 0 fully saturated rings. The Morgan fingerprint density at radius 1 is 1.06 bits per heavy atom. The number of aromatic hydroxyl groups is 1. The van der Waals surface area contributed by atoms with E-state index >= 15 is 0 Å². The molecule has 0 spiro atoms. The van der Waals surface area contributed by atoms with Gasteiger partial charge in [-0.05, 0) is 54.6 Å². The predicted molar refractivity (Wildman–Crippen MR) is 130 cm³/mol. The first kappa shape index (κ1) is 21.4. The van der Waals surface area contributed by atoms with Crippen molar-refractivity contribution < 1.29 is 14.3 Å². The minimum Gasteiger partial charge on any atom is -0.494 e. The first-order valence-electron chi connectivity index (χ1n) is 10.6. The van der Waals surface area contributed by atoms with Crippen LogP contribution in [0.3, 0.4) is 0 Å². The van der Waals surface area contributed by atoms with Gasteiger partial charge in [-0.15, -0.1) is 0 Å². The molecular formula is C26H22FN5O2. The van der Waals surface area contributed by atoms with E-state index in [0.29, 0.717) is 33.4 Å². The fourth-order valence-corrected chi connectivity index (χ4v) is 4.01. The second-order valence-corrected chi connectivity index (χ2v) is 8.30. The summed E-state index contributed by atoms with van der Waals surface area (Å²) in [5.41, 5.74) is 5.04. The quantitative estimate of drug-likeness (QED) is 0.383. The summed E-state index contributed by atoms with van der Waals surface area (Å²) in [6.07, 6.45) is 1.73. The van der Waals surface area contributed by atoms with E-state index in [2.05, 4.69) is 9.97 Å². The second kappa shape index (κ2) is 8.15. The Bertz CT molecular complexity index is 1580. The molecule has 34 heavy (non-hydrogen) atoms. The molecule has 3 aromatic carbocycles. The Balaban J connectivity index is 1.70. The van der Waals surface area contributed by atoms with Crippen LogP contribution in [-0.2, 0) is 7.05 Å². The number of H-pyrrole nitrogens is 1. The predicted octanol–water partition coefficient (Wildman–Crippen LogP) is 4.77. The Hall–Kier alpha value is -4.46. The van der Waals surface area contributed by atoms with Gasteiger partial charge in [-0.3, -0.25) is 4.79 Å². The number of carbonyl (C=O) groups excluding carboxylic acids is 1. The summed E-state index contributed by atoms with van der Waals surface area (Å²) in [6, 6.07) is 17.0. The van der Waals surface area contributed by atoms with Gasteiger partial charge in [0.05, 0.1) is 39.8 Å². The number of carbonyl (C=O) groups is 1. The van der Waals surface area contributed by atoms with Crippen molar-refractivity contribution in [3.05, 3.63) is 89.5 Å². The smallest absolute Gasteiger partial charge is 0.253 e. The molecular weight excluding hydrogens is 433 g/mol. The van der Waals surface area contributed by atoms with E-state index in [1.807, 2.05) is 29.8 Å². The van der Waals surface area contributed by atoms with E-state index in [0.717, 1.165) is 16.6 Å². The van der Waals surface area contributed by atoms with Gasteiger partial charge >= 0.3 is 0 Å². The van der Waals surface area contributed by atoms with Crippen molar-refractivity contribution in [3.8, 4) is 5.88 Å². The molecule has 0 atom stereocenters. The molecule has 8 heteroatoms. The lowest BCUT2D eigenvalue weighted by Gasteiger charge is -2.11. The van der Waals surface area contributed by atoms with Crippen LogP contribution in [0.5, 0.6) is 5.88 Å². The number of hydrogen-bond donors (Lipinski definition) is 2. The number of amides is 1. The summed E-state index contributed by atoms with van der Waals surface area (Å²) in [6.45, 7) is 0. The topological polar surface area (TPSA) is 86.5 Å². The number of hydrogen-bond acceptors (Lipinski definition) is 4. The van der Waals surface area contributed by atoms with Crippen LogP contribution in [0.1, 0.15) is 21.5 Å². The second-order valence-electron chi connectivity index (χ2n) is 8.30. The van der Waals surface area contributed by atoms with Crippen molar-refractivity contribution in [3.63, 3.8) is 0 Å². The van der Waals surface area contributed by atoms with Crippen LogP contribution in [0, 0.1) is 5.82 Å². The Morgan fingerprint density at radius 3 is 2.53 bits per heavy atom. The fourth-order valence-electron chi connectivity index (χ4n) is 4.01. The van der Waals surface area contributed by atoms with Crippen LogP contribution in [0.4, 0.5) is 10.1 Å². The van der Waals surface area contributed by atoms with Gasteiger partial charge in [0.1, 0.15) is 5.82 Å². The maximum Gasteiger partial charge on any atom is 0.253 e. The largest absolute Gasteiger partial charge is 0.494 e. The van der Waals surface area contributed by atoms with Gasteiger partial charge in [-0.25, -0.2) is 14.4 Å². The normalized spacial score (nSPS) is 11.9. The highest BCUT2D eigenvalue weighted by molar-refractivity contribution is 6.22. The van der Waals surface area contributed by atoms with Crippen molar-refractivity contribution >= 4 is 39.2 Å². The van der Waals surface area contributed by atoms with E-state index in [1.165, 1.54) is 17.0 Å². The molecule has 5 aromatic rings. The lowest BCUT2D eigenvalue weighted by atomic mass is 10.00. The molecule has 0 aliphatic rings. The number of imidazole rings is 1. The molecule has 5 rings (SSSR count). The highest BCUT2D eigenvalue weighted by Gasteiger charge is 2.20. The maximum absolute atomic E-state index is 13.8. The van der Waals surface area contributed by atoms with Gasteiger partial charge in [-0.2, -0.15) is 0 Å². The minimum absolute atomic E-state index is 0.104. The summed E-state index contributed by atoms with van der Waals surface area (Å²) in [5.74, 6) is -0.623. The van der Waals surface area contributed by atoms with Crippen LogP contribution >= 0.6 is 0 Å². The zero-order valence-electron chi connectivity index (χ0n) is 18.9. The number of aryl methyl sites for hydroxylation is 1. The fraction of sp³-hybridized carbons (Fsp3) is 0.115. The van der Waals surface area contributed by atoms with Gasteiger partial charge in [0, 0.05) is 37.7 Å². The van der Waals surface area contributed by atoms with Crippen LogP contribution in [0.15, 0.2) is 72.0 Å². The van der Waals surface area contributed by atoms with Crippen molar-refractivity contribution in [2.75, 3.05) is 14.1 Å². The van der Waals surface area contributed by atoms with Gasteiger partial charge < -0.3 is 19.6 Å². The van der Waals surface area contributed by atoms with Gasteiger partial charge in [0.25, 0.3) is 5.91 Å². The third-order valence-electron chi connectivity index (χ3n) is 5.74. The summed E-state index contributed by atoms with van der Waals surface area (Å²) in [4.78, 5) is 25.9. The standard InChI is InChI=1S/C26H22FN5O2/c1-31(2)26(34)15-4-8-18(9-5-15)29-24(16-6-11-22-21(12-16)28-14-32(22)3)23-19-10-7-17(27)13-20(19)30-25(23)33/h4-14,30,33H,1-3H3. The van der Waals surface area contributed by atoms with E-state index in [1.54, 1.807) is 50.8 Å². The Labute approximate surface area is 194 Å². The summed E-state index contributed by atoms with van der Waals surface area (Å²) >= 11 is 0.